The van der Waals surface area contributed by atoms with Gasteiger partial charge in [-0.1, -0.05) is 39.7 Å². The van der Waals surface area contributed by atoms with Gasteiger partial charge in [0.25, 0.3) is 5.91 Å². The lowest BCUT2D eigenvalue weighted by Crippen LogP contribution is -2.62. The van der Waals surface area contributed by atoms with Crippen LogP contribution in [0.4, 0.5) is 24.5 Å². The fourth-order valence-electron chi connectivity index (χ4n) is 3.14. The number of carbonyl (C=O) groups excluding carboxylic acids is 2. The van der Waals surface area contributed by atoms with E-state index in [4.69, 9.17) is 28.9 Å². The van der Waals surface area contributed by atoms with Crippen LogP contribution in [0.25, 0.3) is 0 Å². The SMILES string of the molecule is NC=C(C=[NH+]c1ccc(Cl)c(C(F)(F)F)c1)C(=O)c1cc(Br)ccc1NC(=O)c1cccc(CCl)c1. The number of hydrogen-bond acceptors (Lipinski definition) is 3. The second-order valence-electron chi connectivity index (χ2n) is 7.41. The van der Waals surface area contributed by atoms with E-state index in [9.17, 15) is 22.8 Å². The molecule has 0 radical (unpaired) electrons. The summed E-state index contributed by atoms with van der Waals surface area (Å²) < 4.78 is 40.0. The van der Waals surface area contributed by atoms with Crippen molar-refractivity contribution < 1.29 is 27.8 Å². The van der Waals surface area contributed by atoms with E-state index in [1.807, 2.05) is 0 Å². The van der Waals surface area contributed by atoms with Crippen molar-refractivity contribution in [2.75, 3.05) is 5.32 Å². The Balaban J connectivity index is 1.90. The van der Waals surface area contributed by atoms with Crippen molar-refractivity contribution in [3.8, 4) is 0 Å². The lowest BCUT2D eigenvalue weighted by molar-refractivity contribution is -0.347. The summed E-state index contributed by atoms with van der Waals surface area (Å²) in [5.74, 6) is -0.810. The lowest BCUT2D eigenvalue weighted by atomic mass is 10.0. The van der Waals surface area contributed by atoms with Gasteiger partial charge in [0, 0.05) is 39.8 Å². The van der Waals surface area contributed by atoms with Crippen LogP contribution in [-0.4, -0.2) is 17.9 Å². The third kappa shape index (κ3) is 6.75. The maximum Gasteiger partial charge on any atom is 0.418 e. The number of halogens is 6. The van der Waals surface area contributed by atoms with Gasteiger partial charge in [-0.2, -0.15) is 13.2 Å². The number of hydrogen-bond donors (Lipinski definition) is 3. The molecule has 0 atom stereocenters. The van der Waals surface area contributed by atoms with Gasteiger partial charge in [-0.05, 0) is 42.0 Å². The van der Waals surface area contributed by atoms with E-state index in [1.165, 1.54) is 24.4 Å². The zero-order valence-corrected chi connectivity index (χ0v) is 21.4. The fraction of sp³-hybridized carbons (Fsp3) is 0.0800. The summed E-state index contributed by atoms with van der Waals surface area (Å²) in [5.41, 5.74) is 6.02. The van der Waals surface area contributed by atoms with Crippen LogP contribution in [0.5, 0.6) is 0 Å². The summed E-state index contributed by atoms with van der Waals surface area (Å²) >= 11 is 14.8. The van der Waals surface area contributed by atoms with Crippen LogP contribution >= 0.6 is 39.1 Å². The molecule has 11 heteroatoms. The van der Waals surface area contributed by atoms with Crippen LogP contribution in [-0.2, 0) is 12.1 Å². The molecule has 36 heavy (non-hydrogen) atoms. The van der Waals surface area contributed by atoms with Gasteiger partial charge in [-0.15, -0.1) is 11.6 Å². The molecule has 0 aliphatic carbocycles. The van der Waals surface area contributed by atoms with E-state index in [0.717, 1.165) is 23.9 Å². The molecule has 0 aliphatic heterocycles. The van der Waals surface area contributed by atoms with E-state index >= 15 is 0 Å². The highest BCUT2D eigenvalue weighted by atomic mass is 79.9. The molecule has 1 amide bonds. The van der Waals surface area contributed by atoms with Crippen LogP contribution < -0.4 is 16.0 Å². The standard InChI is InChI=1S/C25H17BrCl2F3N3O2/c26-17-4-7-22(34-24(36)15-3-1-2-14(8-15)11-27)19(9-17)23(35)16(12-32)13-33-18-5-6-21(28)20(10-18)25(29,30)31/h1-10,12-13H,11,32H2,(H,34,36)/p+1. The molecule has 0 bridgehead atoms. The van der Waals surface area contributed by atoms with Gasteiger partial charge >= 0.3 is 6.18 Å². The van der Waals surface area contributed by atoms with Gasteiger partial charge in [0.05, 0.1) is 16.3 Å². The van der Waals surface area contributed by atoms with Crippen molar-refractivity contribution in [3.63, 3.8) is 0 Å². The van der Waals surface area contributed by atoms with Crippen LogP contribution in [0.15, 0.2) is 76.9 Å². The molecule has 0 heterocycles. The number of allylic oxidation sites excluding steroid dienone is 1. The number of ketones is 1. The molecule has 0 aromatic heterocycles. The molecule has 3 rings (SSSR count). The van der Waals surface area contributed by atoms with E-state index < -0.39 is 28.5 Å². The Bertz CT molecular complexity index is 1370. The van der Waals surface area contributed by atoms with Crippen molar-refractivity contribution >= 4 is 68.4 Å². The van der Waals surface area contributed by atoms with E-state index in [2.05, 4.69) is 26.2 Å². The quantitative estimate of drug-likeness (QED) is 0.143. The Morgan fingerprint density at radius 3 is 2.50 bits per heavy atom. The van der Waals surface area contributed by atoms with Gasteiger partial charge in [0.15, 0.2) is 6.21 Å². The zero-order chi connectivity index (χ0) is 26.5. The second kappa shape index (κ2) is 11.7. The topological polar surface area (TPSA) is 86.2 Å². The van der Waals surface area contributed by atoms with Gasteiger partial charge < -0.3 is 11.1 Å². The number of amides is 1. The second-order valence-corrected chi connectivity index (χ2v) is 9.00. The summed E-state index contributed by atoms with van der Waals surface area (Å²) in [4.78, 5) is 28.7. The Kier molecular flexibility index (Phi) is 8.94. The average molecular weight is 600 g/mol. The van der Waals surface area contributed by atoms with Crippen molar-refractivity contribution in [2.24, 2.45) is 5.73 Å². The minimum atomic E-state index is -4.65. The minimum absolute atomic E-state index is 0.0424. The lowest BCUT2D eigenvalue weighted by Gasteiger charge is -2.11. The number of Topliss-reactive ketones (excluding diaryl/α,β-unsaturated/α-hetero) is 1. The normalized spacial score (nSPS) is 12.1. The highest BCUT2D eigenvalue weighted by molar-refractivity contribution is 9.10. The predicted molar refractivity (Wildman–Crippen MR) is 138 cm³/mol. The summed E-state index contributed by atoms with van der Waals surface area (Å²) in [6, 6.07) is 14.6. The van der Waals surface area contributed by atoms with Gasteiger partial charge in [-0.3, -0.25) is 9.59 Å². The van der Waals surface area contributed by atoms with Crippen molar-refractivity contribution in [3.05, 3.63) is 104 Å². The van der Waals surface area contributed by atoms with Crippen LogP contribution in [0.2, 0.25) is 5.02 Å². The molecule has 0 saturated carbocycles. The van der Waals surface area contributed by atoms with Crippen molar-refractivity contribution in [2.45, 2.75) is 12.1 Å². The molecular weight excluding hydrogens is 582 g/mol. The molecule has 5 nitrogen and oxygen atoms in total. The summed E-state index contributed by atoms with van der Waals surface area (Å²) in [6.45, 7) is 0. The first-order valence-corrected chi connectivity index (χ1v) is 11.9. The van der Waals surface area contributed by atoms with E-state index in [1.54, 1.807) is 30.3 Å². The summed E-state index contributed by atoms with van der Waals surface area (Å²) in [6.07, 6.45) is -2.47. The fourth-order valence-corrected chi connectivity index (χ4v) is 3.89. The maximum absolute atomic E-state index is 13.3. The Morgan fingerprint density at radius 2 is 1.83 bits per heavy atom. The third-order valence-corrected chi connectivity index (χ3v) is 6.06. The number of rotatable bonds is 7. The number of anilines is 1. The van der Waals surface area contributed by atoms with E-state index in [0.29, 0.717) is 10.0 Å². The predicted octanol–water partition coefficient (Wildman–Crippen LogP) is 5.62. The summed E-state index contributed by atoms with van der Waals surface area (Å²) in [7, 11) is 0. The van der Waals surface area contributed by atoms with Crippen LogP contribution in [0.3, 0.4) is 0 Å². The first-order valence-electron chi connectivity index (χ1n) is 10.2. The zero-order valence-electron chi connectivity index (χ0n) is 18.3. The Morgan fingerprint density at radius 1 is 1.08 bits per heavy atom. The molecular formula is C25H18BrCl2F3N3O2+. The maximum atomic E-state index is 13.3. The molecule has 186 valence electrons. The van der Waals surface area contributed by atoms with Crippen molar-refractivity contribution in [1.82, 2.24) is 0 Å². The number of benzene rings is 3. The number of carbonyl (C=O) groups is 2. The molecule has 0 aliphatic rings. The highest BCUT2D eigenvalue weighted by Gasteiger charge is 2.34. The minimum Gasteiger partial charge on any atom is -0.404 e. The van der Waals surface area contributed by atoms with Crippen LogP contribution in [0, 0.1) is 0 Å². The third-order valence-electron chi connectivity index (χ3n) is 4.93. The average Bonchev–Trinajstić information content (AvgIpc) is 2.85. The number of alkyl halides is 4. The Hall–Kier alpha value is -3.14. The van der Waals surface area contributed by atoms with Gasteiger partial charge in [0.2, 0.25) is 11.5 Å². The Labute approximate surface area is 222 Å². The highest BCUT2D eigenvalue weighted by Crippen LogP contribution is 2.35. The monoisotopic (exact) mass is 598 g/mol. The first kappa shape index (κ1) is 27.4. The molecule has 0 unspecified atom stereocenters. The molecule has 3 aromatic carbocycles. The van der Waals surface area contributed by atoms with Crippen molar-refractivity contribution in [1.29, 1.82) is 0 Å². The first-order chi connectivity index (χ1) is 17.0. The van der Waals surface area contributed by atoms with E-state index in [-0.39, 0.29) is 28.4 Å². The largest absolute Gasteiger partial charge is 0.418 e. The van der Waals surface area contributed by atoms with Gasteiger partial charge in [-0.25, -0.2) is 4.99 Å². The molecule has 0 fully saturated rings. The number of nitrogens with two attached hydrogens (primary N) is 1. The van der Waals surface area contributed by atoms with Gasteiger partial charge in [0.1, 0.15) is 5.57 Å². The molecule has 0 saturated heterocycles. The molecule has 0 spiro atoms. The molecule has 4 N–H and O–H groups in total. The molecule has 3 aromatic rings. The number of nitrogens with one attached hydrogen (secondary N) is 2. The smallest absolute Gasteiger partial charge is 0.404 e. The summed E-state index contributed by atoms with van der Waals surface area (Å²) in [5, 5.41) is 2.25. The van der Waals surface area contributed by atoms with Crippen LogP contribution in [0.1, 0.15) is 31.8 Å².